The van der Waals surface area contributed by atoms with Crippen LogP contribution in [0.15, 0.2) is 0 Å². The molecule has 1 aliphatic carbocycles. The Kier molecular flexibility index (Phi) is 6.79. The molecule has 3 nitrogen and oxygen atoms in total. The van der Waals surface area contributed by atoms with Gasteiger partial charge in [0.2, 0.25) is 0 Å². The minimum Gasteiger partial charge on any atom is -0.392 e. The molecule has 0 bridgehead atoms. The average Bonchev–Trinajstić information content (AvgIpc) is 2.90. The van der Waals surface area contributed by atoms with E-state index >= 15 is 0 Å². The summed E-state index contributed by atoms with van der Waals surface area (Å²) in [6.45, 7) is 8.85. The van der Waals surface area contributed by atoms with Gasteiger partial charge in [0, 0.05) is 12.6 Å². The number of hydrogen-bond donors (Lipinski definition) is 2. The van der Waals surface area contributed by atoms with Crippen LogP contribution in [-0.2, 0) is 0 Å². The Morgan fingerprint density at radius 1 is 1.05 bits per heavy atom. The summed E-state index contributed by atoms with van der Waals surface area (Å²) in [6.07, 6.45) is 8.97. The lowest BCUT2D eigenvalue weighted by atomic mass is 9.95. The van der Waals surface area contributed by atoms with Gasteiger partial charge in [0.25, 0.3) is 0 Å². The Bertz CT molecular complexity index is 256. The Hall–Kier alpha value is -0.120. The molecule has 1 unspecified atom stereocenters. The highest BCUT2D eigenvalue weighted by Gasteiger charge is 2.23. The molecule has 0 aromatic heterocycles. The summed E-state index contributed by atoms with van der Waals surface area (Å²) in [5.41, 5.74) is 0. The van der Waals surface area contributed by atoms with Crippen molar-refractivity contribution in [2.75, 3.05) is 26.2 Å². The fourth-order valence-corrected chi connectivity index (χ4v) is 3.78. The van der Waals surface area contributed by atoms with Crippen LogP contribution < -0.4 is 5.32 Å². The van der Waals surface area contributed by atoms with E-state index in [9.17, 15) is 5.11 Å². The summed E-state index contributed by atoms with van der Waals surface area (Å²) < 4.78 is 0. The molecule has 1 saturated carbocycles. The second-order valence-electron chi connectivity index (χ2n) is 7.35. The van der Waals surface area contributed by atoms with Crippen LogP contribution in [0, 0.1) is 11.8 Å². The van der Waals surface area contributed by atoms with Gasteiger partial charge in [-0.15, -0.1) is 0 Å². The van der Waals surface area contributed by atoms with Crippen LogP contribution in [0.2, 0.25) is 0 Å². The van der Waals surface area contributed by atoms with Crippen molar-refractivity contribution in [3.63, 3.8) is 0 Å². The zero-order valence-corrected chi connectivity index (χ0v) is 13.5. The van der Waals surface area contributed by atoms with Gasteiger partial charge in [-0.25, -0.2) is 0 Å². The summed E-state index contributed by atoms with van der Waals surface area (Å²) in [6, 6.07) is 0.598. The molecule has 0 aromatic rings. The summed E-state index contributed by atoms with van der Waals surface area (Å²) in [5, 5.41) is 13.8. The standard InChI is InChI=1S/C17H34N2O/c1-14(2)18-12-16-7-9-19(10-8-16)13-17(20)11-15-5-3-4-6-15/h14-18,20H,3-13H2,1-2H3. The van der Waals surface area contributed by atoms with E-state index in [0.29, 0.717) is 6.04 Å². The molecule has 0 aromatic carbocycles. The van der Waals surface area contributed by atoms with Gasteiger partial charge in [-0.2, -0.15) is 0 Å². The van der Waals surface area contributed by atoms with Crippen molar-refractivity contribution < 1.29 is 5.11 Å². The van der Waals surface area contributed by atoms with E-state index in [1.807, 2.05) is 0 Å². The first-order chi connectivity index (χ1) is 9.63. The molecule has 1 heterocycles. The van der Waals surface area contributed by atoms with Gasteiger partial charge in [0.15, 0.2) is 0 Å². The van der Waals surface area contributed by atoms with Crippen LogP contribution in [-0.4, -0.2) is 48.3 Å². The third-order valence-corrected chi connectivity index (χ3v) is 5.07. The van der Waals surface area contributed by atoms with Crippen LogP contribution in [0.4, 0.5) is 0 Å². The molecule has 2 aliphatic rings. The minimum absolute atomic E-state index is 0.0940. The first-order valence-electron chi connectivity index (χ1n) is 8.77. The molecule has 0 radical (unpaired) electrons. The molecule has 2 fully saturated rings. The lowest BCUT2D eigenvalue weighted by molar-refractivity contribution is 0.0728. The highest BCUT2D eigenvalue weighted by Crippen LogP contribution is 2.29. The van der Waals surface area contributed by atoms with Crippen molar-refractivity contribution in [1.29, 1.82) is 0 Å². The second-order valence-corrected chi connectivity index (χ2v) is 7.35. The molecular weight excluding hydrogens is 248 g/mol. The quantitative estimate of drug-likeness (QED) is 0.753. The molecule has 1 atom stereocenters. The average molecular weight is 282 g/mol. The maximum atomic E-state index is 10.2. The highest BCUT2D eigenvalue weighted by molar-refractivity contribution is 4.78. The van der Waals surface area contributed by atoms with Crippen LogP contribution in [0.1, 0.15) is 58.8 Å². The van der Waals surface area contributed by atoms with E-state index in [0.717, 1.165) is 31.3 Å². The van der Waals surface area contributed by atoms with Crippen LogP contribution >= 0.6 is 0 Å². The van der Waals surface area contributed by atoms with E-state index in [-0.39, 0.29) is 6.10 Å². The minimum atomic E-state index is -0.0940. The summed E-state index contributed by atoms with van der Waals surface area (Å²) in [5.74, 6) is 1.64. The zero-order chi connectivity index (χ0) is 14.4. The zero-order valence-electron chi connectivity index (χ0n) is 13.5. The number of hydrogen-bond acceptors (Lipinski definition) is 3. The van der Waals surface area contributed by atoms with Crippen LogP contribution in [0.5, 0.6) is 0 Å². The lowest BCUT2D eigenvalue weighted by Gasteiger charge is -2.34. The number of piperidine rings is 1. The highest BCUT2D eigenvalue weighted by atomic mass is 16.3. The smallest absolute Gasteiger partial charge is 0.0669 e. The largest absolute Gasteiger partial charge is 0.392 e. The number of nitrogens with zero attached hydrogens (tertiary/aromatic N) is 1. The molecular formula is C17H34N2O. The molecule has 118 valence electrons. The van der Waals surface area contributed by atoms with Crippen molar-refractivity contribution >= 4 is 0 Å². The molecule has 20 heavy (non-hydrogen) atoms. The number of likely N-dealkylation sites (tertiary alicyclic amines) is 1. The number of rotatable bonds is 7. The normalized spacial score (nSPS) is 24.6. The number of aliphatic hydroxyl groups is 1. The van der Waals surface area contributed by atoms with Gasteiger partial charge in [-0.05, 0) is 50.7 Å². The van der Waals surface area contributed by atoms with Crippen molar-refractivity contribution in [3.8, 4) is 0 Å². The first-order valence-corrected chi connectivity index (χ1v) is 8.77. The van der Waals surface area contributed by atoms with Crippen molar-refractivity contribution in [2.24, 2.45) is 11.8 Å². The fraction of sp³-hybridized carbons (Fsp3) is 1.00. The van der Waals surface area contributed by atoms with Crippen molar-refractivity contribution in [1.82, 2.24) is 10.2 Å². The topological polar surface area (TPSA) is 35.5 Å². The monoisotopic (exact) mass is 282 g/mol. The second kappa shape index (κ2) is 8.35. The van der Waals surface area contributed by atoms with Gasteiger partial charge in [0.1, 0.15) is 0 Å². The van der Waals surface area contributed by atoms with E-state index in [4.69, 9.17) is 0 Å². The Morgan fingerprint density at radius 3 is 2.30 bits per heavy atom. The number of aliphatic hydroxyl groups excluding tert-OH is 1. The maximum Gasteiger partial charge on any atom is 0.0669 e. The Labute approximate surface area is 125 Å². The van der Waals surface area contributed by atoms with E-state index in [1.165, 1.54) is 51.6 Å². The number of nitrogens with one attached hydrogen (secondary N) is 1. The summed E-state index contributed by atoms with van der Waals surface area (Å²) >= 11 is 0. The summed E-state index contributed by atoms with van der Waals surface area (Å²) in [7, 11) is 0. The molecule has 1 aliphatic heterocycles. The molecule has 1 saturated heterocycles. The van der Waals surface area contributed by atoms with E-state index < -0.39 is 0 Å². The third-order valence-electron chi connectivity index (χ3n) is 5.07. The van der Waals surface area contributed by atoms with E-state index in [2.05, 4.69) is 24.1 Å². The van der Waals surface area contributed by atoms with Crippen molar-refractivity contribution in [2.45, 2.75) is 70.9 Å². The third kappa shape index (κ3) is 5.71. The van der Waals surface area contributed by atoms with Crippen LogP contribution in [0.25, 0.3) is 0 Å². The maximum absolute atomic E-state index is 10.2. The SMILES string of the molecule is CC(C)NCC1CCN(CC(O)CC2CCCC2)CC1. The Balaban J connectivity index is 1.58. The molecule has 0 spiro atoms. The fourth-order valence-electron chi connectivity index (χ4n) is 3.78. The van der Waals surface area contributed by atoms with Gasteiger partial charge in [-0.1, -0.05) is 39.5 Å². The van der Waals surface area contributed by atoms with Crippen molar-refractivity contribution in [3.05, 3.63) is 0 Å². The predicted molar refractivity (Wildman–Crippen MR) is 84.9 cm³/mol. The number of β-amino-alcohol motifs (C(OH)–C–C–N with tert-alkyl or cyclic N) is 1. The molecule has 2 rings (SSSR count). The van der Waals surface area contributed by atoms with Crippen LogP contribution in [0.3, 0.4) is 0 Å². The van der Waals surface area contributed by atoms with Gasteiger partial charge in [0.05, 0.1) is 6.10 Å². The van der Waals surface area contributed by atoms with Gasteiger partial charge in [-0.3, -0.25) is 0 Å². The Morgan fingerprint density at radius 2 is 1.70 bits per heavy atom. The van der Waals surface area contributed by atoms with E-state index in [1.54, 1.807) is 0 Å². The lowest BCUT2D eigenvalue weighted by Crippen LogP contribution is -2.42. The van der Waals surface area contributed by atoms with Gasteiger partial charge >= 0.3 is 0 Å². The van der Waals surface area contributed by atoms with Gasteiger partial charge < -0.3 is 15.3 Å². The molecule has 2 N–H and O–H groups in total. The first kappa shape index (κ1) is 16.3. The summed E-state index contributed by atoms with van der Waals surface area (Å²) in [4.78, 5) is 2.48. The molecule has 3 heteroatoms. The molecule has 0 amide bonds. The predicted octanol–water partition coefficient (Wildman–Crippen LogP) is 2.64.